The fourth-order valence-electron chi connectivity index (χ4n) is 3.76. The van der Waals surface area contributed by atoms with E-state index in [2.05, 4.69) is 43.5 Å². The average molecular weight is 517 g/mol. The van der Waals surface area contributed by atoms with Crippen molar-refractivity contribution in [3.8, 4) is 5.75 Å². The topological polar surface area (TPSA) is 64.1 Å². The summed E-state index contributed by atoms with van der Waals surface area (Å²) in [5.41, 5.74) is 0.983. The van der Waals surface area contributed by atoms with E-state index in [-0.39, 0.29) is 35.6 Å². The number of hydrogen-bond acceptors (Lipinski definition) is 4. The number of rotatable bonds is 7. The van der Waals surface area contributed by atoms with E-state index in [9.17, 15) is 0 Å². The van der Waals surface area contributed by atoms with Gasteiger partial charge in [-0.25, -0.2) is 0 Å². The molecule has 0 bridgehead atoms. The van der Waals surface area contributed by atoms with Crippen molar-refractivity contribution in [2.24, 2.45) is 4.99 Å². The van der Waals surface area contributed by atoms with Gasteiger partial charge in [0.1, 0.15) is 11.4 Å². The van der Waals surface area contributed by atoms with Crippen molar-refractivity contribution in [3.05, 3.63) is 29.8 Å². The van der Waals surface area contributed by atoms with Crippen LogP contribution < -0.4 is 15.4 Å². The number of para-hydroxylation sites is 1. The Morgan fingerprint density at radius 3 is 2.76 bits per heavy atom. The fourth-order valence-corrected chi connectivity index (χ4v) is 3.76. The third-order valence-corrected chi connectivity index (χ3v) is 5.13. The molecule has 6 nitrogen and oxygen atoms in total. The number of aliphatic imine (C=N–C) groups is 1. The first-order chi connectivity index (χ1) is 13.6. The van der Waals surface area contributed by atoms with E-state index in [0.717, 1.165) is 70.3 Å². The first-order valence-corrected chi connectivity index (χ1v) is 10.6. The molecule has 0 saturated carbocycles. The van der Waals surface area contributed by atoms with Crippen LogP contribution in [0.4, 0.5) is 0 Å². The van der Waals surface area contributed by atoms with Gasteiger partial charge in [0.2, 0.25) is 0 Å². The lowest BCUT2D eigenvalue weighted by atomic mass is 9.90. The third-order valence-electron chi connectivity index (χ3n) is 5.13. The lowest BCUT2D eigenvalue weighted by Gasteiger charge is -2.38. The predicted molar refractivity (Wildman–Crippen MR) is 127 cm³/mol. The number of nitrogens with zero attached hydrogens (tertiary/aromatic N) is 1. The van der Waals surface area contributed by atoms with E-state index >= 15 is 0 Å². The number of halogens is 1. The SMILES string of the molecule is CCNC(=NCCCOC1CCOCC1)NC1CC(C)(C)Oc2ccccc21.I. The Morgan fingerprint density at radius 2 is 2.00 bits per heavy atom. The number of nitrogens with one attached hydrogen (secondary N) is 2. The molecule has 0 aromatic heterocycles. The molecule has 1 fully saturated rings. The second-order valence-corrected chi connectivity index (χ2v) is 8.10. The number of ether oxygens (including phenoxy) is 3. The number of benzene rings is 1. The van der Waals surface area contributed by atoms with E-state index in [1.54, 1.807) is 0 Å². The van der Waals surface area contributed by atoms with Crippen LogP contribution in [0.3, 0.4) is 0 Å². The molecular weight excluding hydrogens is 481 g/mol. The van der Waals surface area contributed by atoms with E-state index in [0.29, 0.717) is 6.10 Å². The van der Waals surface area contributed by atoms with Gasteiger partial charge in [0, 0.05) is 44.9 Å². The summed E-state index contributed by atoms with van der Waals surface area (Å²) in [7, 11) is 0. The van der Waals surface area contributed by atoms with Crippen molar-refractivity contribution in [2.45, 2.75) is 64.2 Å². The molecular formula is C22H36IN3O3. The molecule has 1 unspecified atom stereocenters. The molecule has 1 atom stereocenters. The van der Waals surface area contributed by atoms with Gasteiger partial charge in [0.25, 0.3) is 0 Å². The van der Waals surface area contributed by atoms with Gasteiger partial charge in [-0.15, -0.1) is 24.0 Å². The Labute approximate surface area is 192 Å². The minimum Gasteiger partial charge on any atom is -0.487 e. The van der Waals surface area contributed by atoms with Crippen molar-refractivity contribution in [2.75, 3.05) is 32.9 Å². The van der Waals surface area contributed by atoms with E-state index in [1.165, 1.54) is 5.56 Å². The zero-order valence-corrected chi connectivity index (χ0v) is 20.2. The lowest BCUT2D eigenvalue weighted by Crippen LogP contribution is -2.45. The van der Waals surface area contributed by atoms with Gasteiger partial charge in [-0.1, -0.05) is 18.2 Å². The molecule has 0 aliphatic carbocycles. The standard InChI is InChI=1S/C22H35N3O3.HI/c1-4-23-21(24-12-7-13-27-17-10-14-26-15-11-17)25-19-16-22(2,3)28-20-9-6-5-8-18(19)20;/h5-6,8-9,17,19H,4,7,10-16H2,1-3H3,(H2,23,24,25);1H. The third kappa shape index (κ3) is 7.61. The van der Waals surface area contributed by atoms with E-state index in [4.69, 9.17) is 19.2 Å². The molecule has 2 aliphatic heterocycles. The second-order valence-electron chi connectivity index (χ2n) is 8.10. The van der Waals surface area contributed by atoms with Gasteiger partial charge in [0.15, 0.2) is 5.96 Å². The van der Waals surface area contributed by atoms with Crippen molar-refractivity contribution in [1.29, 1.82) is 0 Å². The first-order valence-electron chi connectivity index (χ1n) is 10.6. The minimum atomic E-state index is -0.207. The Morgan fingerprint density at radius 1 is 1.24 bits per heavy atom. The normalized spacial score (nSPS) is 21.5. The largest absolute Gasteiger partial charge is 0.487 e. The Bertz CT molecular complexity index is 648. The summed E-state index contributed by atoms with van der Waals surface area (Å²) < 4.78 is 17.4. The molecule has 1 aromatic rings. The van der Waals surface area contributed by atoms with Crippen LogP contribution in [0.5, 0.6) is 5.75 Å². The Balaban J connectivity index is 0.00000300. The molecule has 0 radical (unpaired) electrons. The fraction of sp³-hybridized carbons (Fsp3) is 0.682. The van der Waals surface area contributed by atoms with Crippen molar-refractivity contribution in [3.63, 3.8) is 0 Å². The zero-order chi connectivity index (χ0) is 19.8. The maximum absolute atomic E-state index is 6.14. The Kier molecular flexibility index (Phi) is 9.98. The van der Waals surface area contributed by atoms with Gasteiger partial charge < -0.3 is 24.8 Å². The number of fused-ring (bicyclic) bond motifs is 1. The summed E-state index contributed by atoms with van der Waals surface area (Å²) in [6, 6.07) is 8.44. The van der Waals surface area contributed by atoms with Crippen LogP contribution in [-0.2, 0) is 9.47 Å². The van der Waals surface area contributed by atoms with Gasteiger partial charge in [0.05, 0.1) is 12.1 Å². The highest BCUT2D eigenvalue weighted by molar-refractivity contribution is 14.0. The maximum atomic E-state index is 6.14. The van der Waals surface area contributed by atoms with Crippen molar-refractivity contribution < 1.29 is 14.2 Å². The molecule has 3 rings (SSSR count). The van der Waals surface area contributed by atoms with Crippen molar-refractivity contribution in [1.82, 2.24) is 10.6 Å². The summed E-state index contributed by atoms with van der Waals surface area (Å²) >= 11 is 0. The van der Waals surface area contributed by atoms with Crippen LogP contribution >= 0.6 is 24.0 Å². The van der Waals surface area contributed by atoms with Crippen LogP contribution in [0.2, 0.25) is 0 Å². The van der Waals surface area contributed by atoms with E-state index in [1.807, 2.05) is 12.1 Å². The lowest BCUT2D eigenvalue weighted by molar-refractivity contribution is -0.0318. The molecule has 0 spiro atoms. The number of guanidine groups is 1. The van der Waals surface area contributed by atoms with Crippen LogP contribution in [0, 0.1) is 0 Å². The highest BCUT2D eigenvalue weighted by atomic mass is 127. The smallest absolute Gasteiger partial charge is 0.191 e. The van der Waals surface area contributed by atoms with Crippen LogP contribution in [0.15, 0.2) is 29.3 Å². The maximum Gasteiger partial charge on any atom is 0.191 e. The van der Waals surface area contributed by atoms with Crippen molar-refractivity contribution >= 4 is 29.9 Å². The second kappa shape index (κ2) is 12.0. The molecule has 29 heavy (non-hydrogen) atoms. The first kappa shape index (κ1) is 24.2. The summed E-state index contributed by atoms with van der Waals surface area (Å²) in [5.74, 6) is 1.81. The zero-order valence-electron chi connectivity index (χ0n) is 17.9. The minimum absolute atomic E-state index is 0. The highest BCUT2D eigenvalue weighted by Crippen LogP contribution is 2.39. The molecule has 1 saturated heterocycles. The summed E-state index contributed by atoms with van der Waals surface area (Å²) in [5, 5.41) is 6.98. The van der Waals surface area contributed by atoms with Gasteiger partial charge in [-0.3, -0.25) is 4.99 Å². The van der Waals surface area contributed by atoms with Crippen LogP contribution in [0.25, 0.3) is 0 Å². The molecule has 1 aromatic carbocycles. The summed E-state index contributed by atoms with van der Waals surface area (Å²) in [6.45, 7) is 10.3. The van der Waals surface area contributed by atoms with Gasteiger partial charge in [-0.2, -0.15) is 0 Å². The van der Waals surface area contributed by atoms with Gasteiger partial charge >= 0.3 is 0 Å². The molecule has 2 aliphatic rings. The average Bonchev–Trinajstić information content (AvgIpc) is 2.68. The highest BCUT2D eigenvalue weighted by Gasteiger charge is 2.33. The number of hydrogen-bond donors (Lipinski definition) is 2. The quantitative estimate of drug-likeness (QED) is 0.247. The van der Waals surface area contributed by atoms with Crippen LogP contribution in [0.1, 0.15) is 58.1 Å². The molecule has 7 heteroatoms. The summed E-state index contributed by atoms with van der Waals surface area (Å²) in [6.07, 6.45) is 4.18. The monoisotopic (exact) mass is 517 g/mol. The van der Waals surface area contributed by atoms with Crippen LogP contribution in [-0.4, -0.2) is 50.6 Å². The Hall–Kier alpha value is -1.06. The molecule has 164 valence electrons. The van der Waals surface area contributed by atoms with E-state index < -0.39 is 0 Å². The molecule has 2 N–H and O–H groups in total. The predicted octanol–water partition coefficient (Wildman–Crippen LogP) is 4.05. The summed E-state index contributed by atoms with van der Waals surface area (Å²) in [4.78, 5) is 4.76. The molecule has 2 heterocycles. The molecule has 0 amide bonds. The van der Waals surface area contributed by atoms with Gasteiger partial charge in [-0.05, 0) is 46.1 Å².